The number of hydrogen-bond acceptors (Lipinski definition) is 7. The Morgan fingerprint density at radius 3 is 2.00 bits per heavy atom. The van der Waals surface area contributed by atoms with Gasteiger partial charge in [-0.1, -0.05) is 60.7 Å². The normalized spacial score (nSPS) is 18.1. The van der Waals surface area contributed by atoms with E-state index in [0.29, 0.717) is 5.56 Å². The van der Waals surface area contributed by atoms with Gasteiger partial charge < -0.3 is 14.2 Å². The monoisotopic (exact) mass is 539 g/mol. The van der Waals surface area contributed by atoms with E-state index in [-0.39, 0.29) is 6.42 Å². The lowest BCUT2D eigenvalue weighted by molar-refractivity contribution is -0.136. The second kappa shape index (κ2) is 11.8. The van der Waals surface area contributed by atoms with Gasteiger partial charge in [0.15, 0.2) is 0 Å². The Balaban J connectivity index is 2.01. The first-order valence-electron chi connectivity index (χ1n) is 12.8. The highest BCUT2D eigenvalue weighted by Crippen LogP contribution is 2.33. The second-order valence-electron chi connectivity index (χ2n) is 11.3. The number of ether oxygens (including phenoxy) is 3. The molecule has 3 rings (SSSR count). The van der Waals surface area contributed by atoms with Gasteiger partial charge in [-0.05, 0) is 59.6 Å². The number of rotatable bonds is 5. The highest BCUT2D eigenvalue weighted by molar-refractivity contribution is 5.98. The minimum atomic E-state index is -1.36. The van der Waals surface area contributed by atoms with E-state index in [1.807, 2.05) is 24.3 Å². The SMILES string of the molecule is C[C@@H]1[C@H](c2ccccc2)OC(=O)N1C(=O)[C@@H](Cc1ccccc1)N(NC(=O)OC(C)(C)C)C(=O)OC(C)(C)C. The zero-order chi connectivity index (χ0) is 29.0. The van der Waals surface area contributed by atoms with Crippen LogP contribution in [0.4, 0.5) is 14.4 Å². The topological polar surface area (TPSA) is 114 Å². The number of hydrazine groups is 1. The van der Waals surface area contributed by atoms with E-state index in [1.165, 1.54) is 0 Å². The van der Waals surface area contributed by atoms with Gasteiger partial charge in [-0.25, -0.2) is 29.7 Å². The number of imide groups is 1. The van der Waals surface area contributed by atoms with E-state index in [4.69, 9.17) is 14.2 Å². The molecule has 1 saturated heterocycles. The minimum Gasteiger partial charge on any atom is -0.443 e. The van der Waals surface area contributed by atoms with Crippen LogP contribution in [0.3, 0.4) is 0 Å². The number of carbonyl (C=O) groups is 4. The molecule has 0 radical (unpaired) electrons. The number of benzene rings is 2. The molecule has 10 heteroatoms. The lowest BCUT2D eigenvalue weighted by Crippen LogP contribution is -2.60. The van der Waals surface area contributed by atoms with Gasteiger partial charge >= 0.3 is 18.3 Å². The maximum atomic E-state index is 14.1. The van der Waals surface area contributed by atoms with Crippen LogP contribution in [-0.4, -0.2) is 57.4 Å². The number of nitrogens with one attached hydrogen (secondary N) is 1. The first kappa shape index (κ1) is 29.5. The largest absolute Gasteiger partial charge is 0.443 e. The Morgan fingerprint density at radius 1 is 0.923 bits per heavy atom. The minimum absolute atomic E-state index is 0.0266. The van der Waals surface area contributed by atoms with Crippen LogP contribution in [0.5, 0.6) is 0 Å². The van der Waals surface area contributed by atoms with E-state index < -0.39 is 53.6 Å². The van der Waals surface area contributed by atoms with Crippen LogP contribution in [0.15, 0.2) is 60.7 Å². The van der Waals surface area contributed by atoms with Crippen LogP contribution in [0.25, 0.3) is 0 Å². The molecule has 210 valence electrons. The predicted molar refractivity (Wildman–Crippen MR) is 143 cm³/mol. The fraction of sp³-hybridized carbons (Fsp3) is 0.448. The highest BCUT2D eigenvalue weighted by atomic mass is 16.6. The molecular weight excluding hydrogens is 502 g/mol. The molecule has 0 bridgehead atoms. The van der Waals surface area contributed by atoms with Crippen molar-refractivity contribution in [1.82, 2.24) is 15.3 Å². The predicted octanol–water partition coefficient (Wildman–Crippen LogP) is 5.38. The molecule has 0 spiro atoms. The Bertz CT molecular complexity index is 1170. The average Bonchev–Trinajstić information content (AvgIpc) is 3.13. The third-order valence-corrected chi connectivity index (χ3v) is 5.70. The van der Waals surface area contributed by atoms with Crippen molar-refractivity contribution in [2.45, 2.75) is 84.3 Å². The van der Waals surface area contributed by atoms with Crippen molar-refractivity contribution in [3.63, 3.8) is 0 Å². The van der Waals surface area contributed by atoms with Crippen LogP contribution >= 0.6 is 0 Å². The van der Waals surface area contributed by atoms with Crippen LogP contribution in [0.1, 0.15) is 65.7 Å². The summed E-state index contributed by atoms with van der Waals surface area (Å²) in [4.78, 5) is 54.3. The van der Waals surface area contributed by atoms with Crippen molar-refractivity contribution < 1.29 is 33.4 Å². The molecule has 39 heavy (non-hydrogen) atoms. The molecule has 1 N–H and O–H groups in total. The fourth-order valence-corrected chi connectivity index (χ4v) is 4.09. The van der Waals surface area contributed by atoms with Crippen LogP contribution < -0.4 is 5.43 Å². The van der Waals surface area contributed by atoms with Crippen molar-refractivity contribution in [3.8, 4) is 0 Å². The number of carbonyl (C=O) groups excluding carboxylic acids is 4. The van der Waals surface area contributed by atoms with Crippen molar-refractivity contribution in [1.29, 1.82) is 0 Å². The molecule has 1 aliphatic heterocycles. The summed E-state index contributed by atoms with van der Waals surface area (Å²) in [6.45, 7) is 11.7. The maximum absolute atomic E-state index is 14.1. The number of amides is 4. The van der Waals surface area contributed by atoms with Gasteiger partial charge in [0, 0.05) is 6.42 Å². The van der Waals surface area contributed by atoms with Crippen LogP contribution in [0, 0.1) is 0 Å². The van der Waals surface area contributed by atoms with Gasteiger partial charge in [-0.3, -0.25) is 4.79 Å². The molecule has 2 aromatic carbocycles. The summed E-state index contributed by atoms with van der Waals surface area (Å²) in [5, 5.41) is 0.796. The van der Waals surface area contributed by atoms with E-state index in [1.54, 1.807) is 84.9 Å². The Kier molecular flexibility index (Phi) is 8.88. The summed E-state index contributed by atoms with van der Waals surface area (Å²) in [6.07, 6.45) is -3.52. The average molecular weight is 540 g/mol. The first-order chi connectivity index (χ1) is 18.2. The fourth-order valence-electron chi connectivity index (χ4n) is 4.09. The molecule has 1 heterocycles. The Hall–Kier alpha value is -4.08. The molecular formula is C29H37N3O7. The summed E-state index contributed by atoms with van der Waals surface area (Å²) in [6, 6.07) is 16.0. The molecule has 3 atom stereocenters. The lowest BCUT2D eigenvalue weighted by atomic mass is 10.0. The summed E-state index contributed by atoms with van der Waals surface area (Å²) in [5.74, 6) is -0.739. The van der Waals surface area contributed by atoms with Gasteiger partial charge in [-0.2, -0.15) is 0 Å². The Morgan fingerprint density at radius 2 is 1.46 bits per heavy atom. The quantitative estimate of drug-likeness (QED) is 0.401. The third-order valence-electron chi connectivity index (χ3n) is 5.70. The van der Waals surface area contributed by atoms with Crippen molar-refractivity contribution >= 4 is 24.2 Å². The summed E-state index contributed by atoms with van der Waals surface area (Å²) < 4.78 is 16.5. The van der Waals surface area contributed by atoms with Gasteiger partial charge in [0.1, 0.15) is 23.3 Å². The van der Waals surface area contributed by atoms with E-state index in [2.05, 4.69) is 5.43 Å². The molecule has 10 nitrogen and oxygen atoms in total. The first-order valence-corrected chi connectivity index (χ1v) is 12.8. The molecule has 0 unspecified atom stereocenters. The van der Waals surface area contributed by atoms with Gasteiger partial charge in [0.2, 0.25) is 0 Å². The van der Waals surface area contributed by atoms with Gasteiger partial charge in [-0.15, -0.1) is 0 Å². The van der Waals surface area contributed by atoms with Crippen molar-refractivity contribution in [2.24, 2.45) is 0 Å². The molecule has 4 amide bonds. The number of nitrogens with zero attached hydrogens (tertiary/aromatic N) is 2. The molecule has 1 fully saturated rings. The second-order valence-corrected chi connectivity index (χ2v) is 11.3. The van der Waals surface area contributed by atoms with Crippen LogP contribution in [0.2, 0.25) is 0 Å². The van der Waals surface area contributed by atoms with Crippen LogP contribution in [-0.2, 0) is 25.4 Å². The maximum Gasteiger partial charge on any atom is 0.430 e. The zero-order valence-electron chi connectivity index (χ0n) is 23.5. The molecule has 1 aliphatic rings. The molecule has 2 aromatic rings. The highest BCUT2D eigenvalue weighted by Gasteiger charge is 2.48. The van der Waals surface area contributed by atoms with Crippen molar-refractivity contribution in [3.05, 3.63) is 71.8 Å². The van der Waals surface area contributed by atoms with E-state index in [9.17, 15) is 19.2 Å². The zero-order valence-corrected chi connectivity index (χ0v) is 23.5. The lowest BCUT2D eigenvalue weighted by Gasteiger charge is -2.35. The standard InChI is InChI=1S/C29H37N3O7/c1-19-23(21-16-12-9-13-17-21)37-26(35)31(19)24(33)22(18-20-14-10-8-11-15-20)32(27(36)39-29(5,6)7)30-25(34)38-28(2,3)4/h8-17,19,22-23H,18H2,1-7H3,(H,30,34)/t19-,22-,23-/m1/s1. The summed E-state index contributed by atoms with van der Waals surface area (Å²) in [5.41, 5.74) is 1.99. The van der Waals surface area contributed by atoms with Crippen molar-refractivity contribution in [2.75, 3.05) is 0 Å². The third kappa shape index (κ3) is 7.95. The molecule has 0 saturated carbocycles. The number of cyclic esters (lactones) is 1. The molecule has 0 aromatic heterocycles. The molecule has 0 aliphatic carbocycles. The van der Waals surface area contributed by atoms with E-state index in [0.717, 1.165) is 15.5 Å². The van der Waals surface area contributed by atoms with Gasteiger partial charge in [0.25, 0.3) is 5.91 Å². The smallest absolute Gasteiger partial charge is 0.430 e. The van der Waals surface area contributed by atoms with Gasteiger partial charge in [0.05, 0.1) is 6.04 Å². The van der Waals surface area contributed by atoms with E-state index >= 15 is 0 Å². The summed E-state index contributed by atoms with van der Waals surface area (Å²) in [7, 11) is 0. The Labute approximate surface area is 229 Å². The summed E-state index contributed by atoms with van der Waals surface area (Å²) >= 11 is 0. The number of hydrogen-bond donors (Lipinski definition) is 1.